The van der Waals surface area contributed by atoms with Crippen LogP contribution in [0, 0.1) is 57.0 Å². The van der Waals surface area contributed by atoms with E-state index in [2.05, 4.69) is 0 Å². The molecule has 6 atom stereocenters. The Kier molecular flexibility index (Phi) is 8.92. The molecule has 4 aromatic carbocycles. The highest BCUT2D eigenvalue weighted by Gasteiger charge is 2.77. The van der Waals surface area contributed by atoms with Crippen LogP contribution in [0.2, 0.25) is 0 Å². The lowest BCUT2D eigenvalue weighted by atomic mass is 9.56. The molecule has 4 amide bonds. The van der Waals surface area contributed by atoms with Crippen LogP contribution in [0.15, 0.2) is 84.4 Å². The molecular weight excluding hydrogens is 804 g/mol. The van der Waals surface area contributed by atoms with Crippen LogP contribution < -0.4 is 14.5 Å². The zero-order valence-corrected chi connectivity index (χ0v) is 30.2. The van der Waals surface area contributed by atoms with Crippen molar-refractivity contribution in [2.45, 2.75) is 35.1 Å². The fourth-order valence-corrected chi connectivity index (χ4v) is 9.44. The number of hydrogen-bond donors (Lipinski definition) is 1. The fraction of sp³-hybridized carbons (Fsp3) is 0.231. The van der Waals surface area contributed by atoms with E-state index in [1.54, 1.807) is 30.3 Å². The fourth-order valence-electron chi connectivity index (χ4n) is 8.51. The van der Waals surface area contributed by atoms with Crippen LogP contribution >= 0.6 is 23.2 Å². The molecular formula is C39H24Cl2F5N3O8. The second-order valence-corrected chi connectivity index (χ2v) is 15.2. The highest BCUT2D eigenvalue weighted by Crippen LogP contribution is 2.67. The molecule has 4 aromatic rings. The third kappa shape index (κ3) is 5.36. The van der Waals surface area contributed by atoms with Gasteiger partial charge in [-0.2, -0.15) is 0 Å². The lowest BCUT2D eigenvalue weighted by Gasteiger charge is -2.50. The normalized spacial score (nSPS) is 26.6. The number of imide groups is 2. The molecule has 2 aliphatic heterocycles. The number of anilines is 2. The molecule has 0 unspecified atom stereocenters. The molecule has 292 valence electrons. The van der Waals surface area contributed by atoms with Gasteiger partial charge < -0.3 is 9.84 Å². The number of ether oxygens (including phenoxy) is 1. The third-order valence-electron chi connectivity index (χ3n) is 11.1. The number of nitro groups is 1. The van der Waals surface area contributed by atoms with Gasteiger partial charge in [-0.05, 0) is 36.5 Å². The number of hydrogen-bond acceptors (Lipinski definition) is 8. The molecule has 4 aliphatic rings. The van der Waals surface area contributed by atoms with Crippen molar-refractivity contribution in [2.75, 3.05) is 9.80 Å². The predicted octanol–water partition coefficient (Wildman–Crippen LogP) is 7.34. The van der Waals surface area contributed by atoms with Crippen LogP contribution in [0.4, 0.5) is 39.0 Å². The Morgan fingerprint density at radius 2 is 1.47 bits per heavy atom. The van der Waals surface area contributed by atoms with E-state index in [4.69, 9.17) is 27.9 Å². The van der Waals surface area contributed by atoms with Crippen molar-refractivity contribution in [3.05, 3.63) is 135 Å². The standard InChI is InChI=1S/C39H24Cl2F5N3O8/c40-38-15-24-21(11-12-23-26(24)35(52)47(34(23)51)18-7-4-8-19(13-18)49(55)56)27(22-10-9-20(14-25(22)50)57-16-17-5-2-1-3-6-17)39(38,41)37(54)48(36(38)53)33-31(45)29(43)28(42)30(44)32(33)46/h1-11,13-14,23-24,26-27,50H,12,15-16H2/t23-,24+,26-,27+,38+,39-/m0/s1. The van der Waals surface area contributed by atoms with Crippen LogP contribution in [-0.2, 0) is 25.8 Å². The molecule has 2 heterocycles. The Balaban J connectivity index is 1.28. The average molecular weight is 829 g/mol. The Morgan fingerprint density at radius 1 is 0.807 bits per heavy atom. The van der Waals surface area contributed by atoms with Gasteiger partial charge in [-0.1, -0.05) is 54.1 Å². The minimum absolute atomic E-state index is 0.0602. The molecule has 1 saturated carbocycles. The number of amides is 4. The van der Waals surface area contributed by atoms with Crippen molar-refractivity contribution < 1.29 is 55.9 Å². The quantitative estimate of drug-likeness (QED) is 0.0298. The summed E-state index contributed by atoms with van der Waals surface area (Å²) in [6.07, 6.45) is 0.490. The first-order chi connectivity index (χ1) is 27.0. The summed E-state index contributed by atoms with van der Waals surface area (Å²) in [5, 5.41) is 23.1. The summed E-state index contributed by atoms with van der Waals surface area (Å²) in [5.41, 5.74) is -1.85. The number of carbonyl (C=O) groups excluding carboxylic acids is 4. The van der Waals surface area contributed by atoms with Crippen molar-refractivity contribution in [2.24, 2.45) is 17.8 Å². The molecule has 0 aromatic heterocycles. The van der Waals surface area contributed by atoms with Gasteiger partial charge >= 0.3 is 0 Å². The van der Waals surface area contributed by atoms with Crippen molar-refractivity contribution in [1.29, 1.82) is 0 Å². The van der Waals surface area contributed by atoms with Crippen LogP contribution in [0.1, 0.15) is 29.9 Å². The monoisotopic (exact) mass is 827 g/mol. The average Bonchev–Trinajstić information content (AvgIpc) is 3.54. The number of fused-ring (bicyclic) bond motifs is 4. The number of non-ortho nitro benzene ring substituents is 1. The number of allylic oxidation sites excluding steroid dienone is 2. The SMILES string of the molecule is O=C1[C@H]2[C@H](CC=C3[C@H]2C[C@@]2(Cl)C(=O)N(c4c(F)c(F)c(F)c(F)c4F)C(=O)[C@@]2(Cl)[C@H]3c2ccc(OCc3ccccc3)cc2O)C(=O)N1c1cccc([N+](=O)[O-])c1. The van der Waals surface area contributed by atoms with Gasteiger partial charge in [0.15, 0.2) is 33.0 Å². The van der Waals surface area contributed by atoms with Gasteiger partial charge in [0.2, 0.25) is 17.6 Å². The van der Waals surface area contributed by atoms with Crippen molar-refractivity contribution >= 4 is 63.9 Å². The van der Waals surface area contributed by atoms with E-state index >= 15 is 8.78 Å². The lowest BCUT2D eigenvalue weighted by molar-refractivity contribution is -0.384. The number of benzene rings is 4. The van der Waals surface area contributed by atoms with E-state index < -0.39 is 115 Å². The predicted molar refractivity (Wildman–Crippen MR) is 191 cm³/mol. The molecule has 18 heteroatoms. The third-order valence-corrected chi connectivity index (χ3v) is 12.5. The van der Waals surface area contributed by atoms with Gasteiger partial charge in [-0.25, -0.2) is 31.8 Å². The Hall–Kier alpha value is -5.87. The second kappa shape index (κ2) is 13.4. The van der Waals surface area contributed by atoms with Gasteiger partial charge in [-0.15, -0.1) is 23.2 Å². The summed E-state index contributed by atoms with van der Waals surface area (Å²) in [7, 11) is 0. The number of nitro benzene ring substituents is 1. The second-order valence-electron chi connectivity index (χ2n) is 14.0. The Morgan fingerprint density at radius 3 is 2.12 bits per heavy atom. The molecule has 0 spiro atoms. The topological polar surface area (TPSA) is 147 Å². The summed E-state index contributed by atoms with van der Waals surface area (Å²) in [6, 6.07) is 17.4. The maximum Gasteiger partial charge on any atom is 0.271 e. The van der Waals surface area contributed by atoms with E-state index in [0.29, 0.717) is 0 Å². The molecule has 0 radical (unpaired) electrons. The summed E-state index contributed by atoms with van der Waals surface area (Å²) < 4.78 is 79.7. The lowest BCUT2D eigenvalue weighted by Crippen LogP contribution is -2.60. The van der Waals surface area contributed by atoms with Gasteiger partial charge in [-0.3, -0.25) is 29.3 Å². The van der Waals surface area contributed by atoms with Crippen molar-refractivity contribution in [1.82, 2.24) is 0 Å². The number of aromatic hydroxyl groups is 1. The molecule has 1 N–H and O–H groups in total. The molecule has 0 bridgehead atoms. The summed E-state index contributed by atoms with van der Waals surface area (Å²) >= 11 is 14.3. The van der Waals surface area contributed by atoms with Gasteiger partial charge in [0.1, 0.15) is 23.8 Å². The number of phenolic OH excluding ortho intramolecular Hbond substituents is 1. The number of halogens is 7. The molecule has 2 aliphatic carbocycles. The Bertz CT molecular complexity index is 2480. The molecule has 11 nitrogen and oxygen atoms in total. The highest BCUT2D eigenvalue weighted by molar-refractivity contribution is 6.58. The molecule has 3 fully saturated rings. The molecule has 57 heavy (non-hydrogen) atoms. The summed E-state index contributed by atoms with van der Waals surface area (Å²) in [6.45, 7) is 0.0602. The summed E-state index contributed by atoms with van der Waals surface area (Å²) in [5.74, 6) is -23.6. The number of phenols is 1. The zero-order valence-electron chi connectivity index (χ0n) is 28.7. The number of nitrogens with zero attached hydrogens (tertiary/aromatic N) is 3. The number of carbonyl (C=O) groups is 4. The first-order valence-corrected chi connectivity index (χ1v) is 17.9. The number of alkyl halides is 2. The van der Waals surface area contributed by atoms with Gasteiger partial charge in [0.05, 0.1) is 22.4 Å². The number of rotatable bonds is 7. The largest absolute Gasteiger partial charge is 0.508 e. The van der Waals surface area contributed by atoms with E-state index in [-0.39, 0.29) is 40.5 Å². The van der Waals surface area contributed by atoms with Gasteiger partial charge in [0.25, 0.3) is 17.5 Å². The van der Waals surface area contributed by atoms with E-state index in [9.17, 15) is 47.6 Å². The maximum atomic E-state index is 15.4. The van der Waals surface area contributed by atoms with Crippen LogP contribution in [0.3, 0.4) is 0 Å². The first-order valence-electron chi connectivity index (χ1n) is 17.1. The minimum Gasteiger partial charge on any atom is -0.508 e. The van der Waals surface area contributed by atoms with Crippen molar-refractivity contribution in [3.8, 4) is 11.5 Å². The van der Waals surface area contributed by atoms with Gasteiger partial charge in [0, 0.05) is 29.7 Å². The van der Waals surface area contributed by atoms with E-state index in [1.165, 1.54) is 30.3 Å². The molecule has 8 rings (SSSR count). The maximum absolute atomic E-state index is 15.4. The summed E-state index contributed by atoms with van der Waals surface area (Å²) in [4.78, 5) is 62.7. The minimum atomic E-state index is -2.86. The van der Waals surface area contributed by atoms with E-state index in [0.717, 1.165) is 28.7 Å². The highest BCUT2D eigenvalue weighted by atomic mass is 35.5. The van der Waals surface area contributed by atoms with Crippen LogP contribution in [0.5, 0.6) is 11.5 Å². The zero-order chi connectivity index (χ0) is 40.9. The molecule has 2 saturated heterocycles. The Labute approximate surface area is 328 Å². The van der Waals surface area contributed by atoms with Crippen LogP contribution in [0.25, 0.3) is 0 Å². The first kappa shape index (κ1) is 38.0. The van der Waals surface area contributed by atoms with Crippen LogP contribution in [-0.4, -0.2) is 43.4 Å². The van der Waals surface area contributed by atoms with Crippen molar-refractivity contribution in [3.63, 3.8) is 0 Å². The smallest absolute Gasteiger partial charge is 0.271 e. The van der Waals surface area contributed by atoms with E-state index in [1.807, 2.05) is 0 Å².